The Kier molecular flexibility index (Phi) is 4.27. The van der Waals surface area contributed by atoms with Gasteiger partial charge in [-0.1, -0.05) is 6.92 Å². The number of hydrogen-bond donors (Lipinski definition) is 1. The van der Waals surface area contributed by atoms with Gasteiger partial charge in [-0.3, -0.25) is 9.59 Å². The van der Waals surface area contributed by atoms with Crippen molar-refractivity contribution in [1.82, 2.24) is 4.90 Å². The van der Waals surface area contributed by atoms with Gasteiger partial charge in [0.1, 0.15) is 5.75 Å². The zero-order chi connectivity index (χ0) is 14.7. The van der Waals surface area contributed by atoms with Crippen molar-refractivity contribution in [2.24, 2.45) is 5.92 Å². The van der Waals surface area contributed by atoms with Crippen molar-refractivity contribution in [3.8, 4) is 5.75 Å². The summed E-state index contributed by atoms with van der Waals surface area (Å²) in [6.07, 6.45) is 2.05. The van der Waals surface area contributed by atoms with Gasteiger partial charge in [-0.25, -0.2) is 0 Å². The second kappa shape index (κ2) is 5.94. The molecule has 2 amide bonds. The summed E-state index contributed by atoms with van der Waals surface area (Å²) in [6, 6.07) is 6.21. The maximum atomic E-state index is 12.2. The van der Waals surface area contributed by atoms with E-state index in [-0.39, 0.29) is 5.75 Å². The fourth-order valence-electron chi connectivity index (χ4n) is 2.45. The summed E-state index contributed by atoms with van der Waals surface area (Å²) in [5, 5.41) is 9.24. The Hall–Kier alpha value is -2.04. The van der Waals surface area contributed by atoms with E-state index in [0.29, 0.717) is 24.7 Å². The van der Waals surface area contributed by atoms with Crippen molar-refractivity contribution in [2.45, 2.75) is 19.8 Å². The van der Waals surface area contributed by atoms with Crippen LogP contribution in [0, 0.1) is 5.92 Å². The number of nitrogens with zero attached hydrogens (tertiary/aromatic N) is 2. The predicted octanol–water partition coefficient (Wildman–Crippen LogP) is 1.61. The number of hydrogen-bond acceptors (Lipinski definition) is 3. The molecule has 0 spiro atoms. The summed E-state index contributed by atoms with van der Waals surface area (Å²) < 4.78 is 0. The molecule has 0 saturated carbocycles. The zero-order valence-corrected chi connectivity index (χ0v) is 11.9. The molecule has 1 unspecified atom stereocenters. The number of phenolic OH excluding ortho intramolecular Hbond substituents is 1. The minimum Gasteiger partial charge on any atom is -0.508 e. The first-order valence-corrected chi connectivity index (χ1v) is 6.85. The first-order valence-electron chi connectivity index (χ1n) is 6.85. The van der Waals surface area contributed by atoms with Gasteiger partial charge in [0, 0.05) is 25.8 Å². The van der Waals surface area contributed by atoms with Gasteiger partial charge in [0.05, 0.1) is 0 Å². The van der Waals surface area contributed by atoms with E-state index in [4.69, 9.17) is 0 Å². The maximum absolute atomic E-state index is 12.2. The number of anilines is 1. The summed E-state index contributed by atoms with van der Waals surface area (Å²) in [5.74, 6) is -0.415. The lowest BCUT2D eigenvalue weighted by Gasteiger charge is -2.31. The number of rotatable bonds is 1. The summed E-state index contributed by atoms with van der Waals surface area (Å²) >= 11 is 0. The maximum Gasteiger partial charge on any atom is 0.316 e. The molecule has 1 aliphatic heterocycles. The van der Waals surface area contributed by atoms with E-state index in [2.05, 4.69) is 6.92 Å². The second-order valence-corrected chi connectivity index (χ2v) is 5.38. The van der Waals surface area contributed by atoms with Crippen molar-refractivity contribution < 1.29 is 14.7 Å². The third-order valence-corrected chi connectivity index (χ3v) is 3.67. The minimum atomic E-state index is -0.537. The molecule has 0 aromatic heterocycles. The highest BCUT2D eigenvalue weighted by molar-refractivity contribution is 6.40. The van der Waals surface area contributed by atoms with E-state index in [1.165, 1.54) is 17.0 Å². The Balaban J connectivity index is 2.06. The number of likely N-dealkylation sites (tertiary alicyclic amines) is 1. The molecule has 1 aromatic rings. The molecule has 1 heterocycles. The molecule has 1 aliphatic rings. The Morgan fingerprint density at radius 2 is 1.95 bits per heavy atom. The molecule has 1 fully saturated rings. The van der Waals surface area contributed by atoms with Gasteiger partial charge in [0.15, 0.2) is 0 Å². The highest BCUT2D eigenvalue weighted by Crippen LogP contribution is 2.19. The number of carbonyl (C=O) groups is 2. The van der Waals surface area contributed by atoms with Gasteiger partial charge in [-0.05, 0) is 43.0 Å². The number of aromatic hydroxyl groups is 1. The first-order chi connectivity index (χ1) is 9.49. The zero-order valence-electron chi connectivity index (χ0n) is 11.9. The second-order valence-electron chi connectivity index (χ2n) is 5.38. The molecule has 5 nitrogen and oxygen atoms in total. The standard InChI is InChI=1S/C15H20N2O3/c1-11-4-3-9-17(10-11)15(20)14(19)16(2)12-5-7-13(18)8-6-12/h5-8,11,18H,3-4,9-10H2,1-2H3. The Morgan fingerprint density at radius 1 is 1.30 bits per heavy atom. The predicted molar refractivity (Wildman–Crippen MR) is 76.5 cm³/mol. The van der Waals surface area contributed by atoms with Crippen LogP contribution in [0.25, 0.3) is 0 Å². The van der Waals surface area contributed by atoms with Gasteiger partial charge in [0.2, 0.25) is 0 Å². The van der Waals surface area contributed by atoms with Gasteiger partial charge < -0.3 is 14.9 Å². The average molecular weight is 276 g/mol. The number of likely N-dealkylation sites (N-methyl/N-ethyl adjacent to an activating group) is 1. The number of piperidine rings is 1. The first kappa shape index (κ1) is 14.4. The molecule has 20 heavy (non-hydrogen) atoms. The molecule has 0 aliphatic carbocycles. The third kappa shape index (κ3) is 3.10. The van der Waals surface area contributed by atoms with Gasteiger partial charge in [-0.15, -0.1) is 0 Å². The number of amides is 2. The van der Waals surface area contributed by atoms with E-state index in [1.807, 2.05) is 0 Å². The summed E-state index contributed by atoms with van der Waals surface area (Å²) in [6.45, 7) is 3.39. The van der Waals surface area contributed by atoms with Gasteiger partial charge in [-0.2, -0.15) is 0 Å². The van der Waals surface area contributed by atoms with Gasteiger partial charge >= 0.3 is 11.8 Å². The van der Waals surface area contributed by atoms with Crippen LogP contribution in [0.15, 0.2) is 24.3 Å². The fraction of sp³-hybridized carbons (Fsp3) is 0.467. The molecule has 1 N–H and O–H groups in total. The van der Waals surface area contributed by atoms with Crippen molar-refractivity contribution >= 4 is 17.5 Å². The Morgan fingerprint density at radius 3 is 2.55 bits per heavy atom. The van der Waals surface area contributed by atoms with E-state index < -0.39 is 11.8 Å². The SMILES string of the molecule is CC1CCCN(C(=O)C(=O)N(C)c2ccc(O)cc2)C1. The Labute approximate surface area is 118 Å². The quantitative estimate of drug-likeness (QED) is 0.793. The molecular weight excluding hydrogens is 256 g/mol. The summed E-state index contributed by atoms with van der Waals surface area (Å²) in [5.41, 5.74) is 0.589. The van der Waals surface area contributed by atoms with Crippen LogP contribution in [0.2, 0.25) is 0 Å². The molecule has 0 radical (unpaired) electrons. The van der Waals surface area contributed by atoms with E-state index in [1.54, 1.807) is 24.1 Å². The molecular formula is C15H20N2O3. The third-order valence-electron chi connectivity index (χ3n) is 3.67. The smallest absolute Gasteiger partial charge is 0.316 e. The topological polar surface area (TPSA) is 60.9 Å². The monoisotopic (exact) mass is 276 g/mol. The lowest BCUT2D eigenvalue weighted by Crippen LogP contribution is -2.47. The molecule has 2 rings (SSSR count). The van der Waals surface area contributed by atoms with Crippen LogP contribution >= 0.6 is 0 Å². The number of phenols is 1. The van der Waals surface area contributed by atoms with E-state index >= 15 is 0 Å². The lowest BCUT2D eigenvalue weighted by molar-refractivity contribution is -0.145. The molecule has 108 valence electrons. The van der Waals surface area contributed by atoms with Crippen molar-refractivity contribution in [3.05, 3.63) is 24.3 Å². The highest BCUT2D eigenvalue weighted by Gasteiger charge is 2.28. The molecule has 1 aromatic carbocycles. The highest BCUT2D eigenvalue weighted by atomic mass is 16.3. The van der Waals surface area contributed by atoms with Crippen LogP contribution in [0.1, 0.15) is 19.8 Å². The largest absolute Gasteiger partial charge is 0.508 e. The molecule has 5 heteroatoms. The Bertz CT molecular complexity index is 498. The lowest BCUT2D eigenvalue weighted by atomic mass is 10.0. The molecule has 1 saturated heterocycles. The van der Waals surface area contributed by atoms with Gasteiger partial charge in [0.25, 0.3) is 0 Å². The van der Waals surface area contributed by atoms with Crippen LogP contribution < -0.4 is 4.90 Å². The van der Waals surface area contributed by atoms with Crippen LogP contribution in [0.4, 0.5) is 5.69 Å². The number of benzene rings is 1. The van der Waals surface area contributed by atoms with Crippen molar-refractivity contribution in [1.29, 1.82) is 0 Å². The summed E-state index contributed by atoms with van der Waals surface area (Å²) in [4.78, 5) is 27.4. The molecule has 1 atom stereocenters. The normalized spacial score (nSPS) is 18.7. The summed E-state index contributed by atoms with van der Waals surface area (Å²) in [7, 11) is 1.57. The number of carbonyl (C=O) groups excluding carboxylic acids is 2. The van der Waals surface area contributed by atoms with Crippen LogP contribution in [-0.2, 0) is 9.59 Å². The van der Waals surface area contributed by atoms with Crippen LogP contribution in [0.3, 0.4) is 0 Å². The minimum absolute atomic E-state index is 0.130. The fourth-order valence-corrected chi connectivity index (χ4v) is 2.45. The van der Waals surface area contributed by atoms with E-state index in [0.717, 1.165) is 12.8 Å². The van der Waals surface area contributed by atoms with Crippen molar-refractivity contribution in [3.63, 3.8) is 0 Å². The average Bonchev–Trinajstić information content (AvgIpc) is 2.46. The van der Waals surface area contributed by atoms with Crippen molar-refractivity contribution in [2.75, 3.05) is 25.0 Å². The van der Waals surface area contributed by atoms with Crippen LogP contribution in [0.5, 0.6) is 5.75 Å². The molecule has 0 bridgehead atoms. The van der Waals surface area contributed by atoms with E-state index in [9.17, 15) is 14.7 Å². The van der Waals surface area contributed by atoms with Crippen LogP contribution in [-0.4, -0.2) is 42.0 Å².